The minimum absolute atomic E-state index is 0.183. The number of amides is 1. The highest BCUT2D eigenvalue weighted by Gasteiger charge is 2.13. The summed E-state index contributed by atoms with van der Waals surface area (Å²) in [4.78, 5) is 16.8. The SMILES string of the molecule is Cc1nn(C)c2ncc(C(=O)NCC(N)c3ccc(C(C)C)cc3)cc12. The monoisotopic (exact) mass is 351 g/mol. The molecule has 0 fully saturated rings. The first-order valence-corrected chi connectivity index (χ1v) is 8.79. The molecular weight excluding hydrogens is 326 g/mol. The van der Waals surface area contributed by atoms with E-state index in [1.807, 2.05) is 32.2 Å². The van der Waals surface area contributed by atoms with Crippen LogP contribution in [-0.2, 0) is 7.05 Å². The van der Waals surface area contributed by atoms with E-state index in [0.717, 1.165) is 22.3 Å². The fourth-order valence-corrected chi connectivity index (χ4v) is 2.98. The van der Waals surface area contributed by atoms with E-state index >= 15 is 0 Å². The number of nitrogens with one attached hydrogen (secondary N) is 1. The minimum atomic E-state index is -0.253. The van der Waals surface area contributed by atoms with Crippen molar-refractivity contribution in [3.8, 4) is 0 Å². The van der Waals surface area contributed by atoms with Crippen molar-refractivity contribution in [2.75, 3.05) is 6.54 Å². The first-order chi connectivity index (χ1) is 12.4. The summed E-state index contributed by atoms with van der Waals surface area (Å²) in [6, 6.07) is 9.80. The van der Waals surface area contributed by atoms with Crippen LogP contribution in [-0.4, -0.2) is 27.2 Å². The molecule has 1 unspecified atom stereocenters. The van der Waals surface area contributed by atoms with Crippen LogP contribution in [0.5, 0.6) is 0 Å². The molecule has 0 aliphatic rings. The second-order valence-corrected chi connectivity index (χ2v) is 6.94. The van der Waals surface area contributed by atoms with Crippen molar-refractivity contribution in [2.45, 2.75) is 32.7 Å². The second kappa shape index (κ2) is 7.25. The normalized spacial score (nSPS) is 12.5. The first-order valence-electron chi connectivity index (χ1n) is 8.79. The maximum absolute atomic E-state index is 12.5. The highest BCUT2D eigenvalue weighted by Crippen LogP contribution is 2.18. The van der Waals surface area contributed by atoms with Crippen LogP contribution < -0.4 is 11.1 Å². The van der Waals surface area contributed by atoms with Crippen molar-refractivity contribution >= 4 is 16.9 Å². The third-order valence-corrected chi connectivity index (χ3v) is 4.64. The highest BCUT2D eigenvalue weighted by atomic mass is 16.1. The summed E-state index contributed by atoms with van der Waals surface area (Å²) in [6.45, 7) is 6.58. The van der Waals surface area contributed by atoms with Gasteiger partial charge in [-0.1, -0.05) is 38.1 Å². The quantitative estimate of drug-likeness (QED) is 0.740. The summed E-state index contributed by atoms with van der Waals surface area (Å²) >= 11 is 0. The number of pyridine rings is 1. The third-order valence-electron chi connectivity index (χ3n) is 4.64. The van der Waals surface area contributed by atoms with E-state index in [-0.39, 0.29) is 11.9 Å². The molecule has 2 heterocycles. The Hall–Kier alpha value is -2.73. The van der Waals surface area contributed by atoms with Crippen molar-refractivity contribution in [1.82, 2.24) is 20.1 Å². The lowest BCUT2D eigenvalue weighted by atomic mass is 9.99. The van der Waals surface area contributed by atoms with Gasteiger partial charge in [-0.25, -0.2) is 4.98 Å². The lowest BCUT2D eigenvalue weighted by molar-refractivity contribution is 0.0951. The molecule has 3 N–H and O–H groups in total. The molecule has 6 heteroatoms. The molecule has 0 aliphatic heterocycles. The summed E-state index contributed by atoms with van der Waals surface area (Å²) < 4.78 is 1.71. The Labute approximate surface area is 153 Å². The summed E-state index contributed by atoms with van der Waals surface area (Å²) in [7, 11) is 1.84. The van der Waals surface area contributed by atoms with Crippen LogP contribution in [0.1, 0.15) is 53.0 Å². The Balaban J connectivity index is 1.67. The maximum atomic E-state index is 12.5. The largest absolute Gasteiger partial charge is 0.350 e. The van der Waals surface area contributed by atoms with Crippen LogP contribution >= 0.6 is 0 Å². The molecule has 136 valence electrons. The Morgan fingerprint density at radius 2 is 1.88 bits per heavy atom. The molecule has 0 spiro atoms. The van der Waals surface area contributed by atoms with Gasteiger partial charge in [0.1, 0.15) is 0 Å². The topological polar surface area (TPSA) is 85.8 Å². The van der Waals surface area contributed by atoms with E-state index in [1.165, 1.54) is 5.56 Å². The average Bonchev–Trinajstić information content (AvgIpc) is 2.93. The average molecular weight is 351 g/mol. The molecule has 6 nitrogen and oxygen atoms in total. The number of nitrogens with two attached hydrogens (primary N) is 1. The standard InChI is InChI=1S/C20H25N5O/c1-12(2)14-5-7-15(8-6-14)18(21)11-23-20(26)16-9-17-13(3)24-25(4)19(17)22-10-16/h5-10,12,18H,11,21H2,1-4H3,(H,23,26). The fraction of sp³-hybridized carbons (Fsp3) is 0.350. The Morgan fingerprint density at radius 3 is 2.54 bits per heavy atom. The molecule has 2 aromatic heterocycles. The van der Waals surface area contributed by atoms with Crippen LogP contribution in [0.2, 0.25) is 0 Å². The van der Waals surface area contributed by atoms with Gasteiger partial charge in [0.05, 0.1) is 11.3 Å². The van der Waals surface area contributed by atoms with Crippen molar-refractivity contribution in [1.29, 1.82) is 0 Å². The summed E-state index contributed by atoms with van der Waals surface area (Å²) in [5, 5.41) is 8.10. The van der Waals surface area contributed by atoms with Gasteiger partial charge in [-0.15, -0.1) is 0 Å². The molecular formula is C20H25N5O. The van der Waals surface area contributed by atoms with Crippen LogP contribution in [0.3, 0.4) is 0 Å². The molecule has 0 saturated carbocycles. The van der Waals surface area contributed by atoms with E-state index in [1.54, 1.807) is 10.9 Å². The van der Waals surface area contributed by atoms with Gasteiger partial charge in [0.25, 0.3) is 5.91 Å². The van der Waals surface area contributed by atoms with Gasteiger partial charge in [0, 0.05) is 31.2 Å². The highest BCUT2D eigenvalue weighted by molar-refractivity contribution is 5.97. The van der Waals surface area contributed by atoms with Gasteiger partial charge < -0.3 is 11.1 Å². The lowest BCUT2D eigenvalue weighted by Gasteiger charge is -2.14. The number of carbonyl (C=O) groups excluding carboxylic acids is 1. The molecule has 1 atom stereocenters. The van der Waals surface area contributed by atoms with Crippen molar-refractivity contribution in [3.63, 3.8) is 0 Å². The Kier molecular flexibility index (Phi) is 5.04. The van der Waals surface area contributed by atoms with Gasteiger partial charge >= 0.3 is 0 Å². The molecule has 0 aliphatic carbocycles. The van der Waals surface area contributed by atoms with Crippen LogP contribution in [0.25, 0.3) is 11.0 Å². The molecule has 3 aromatic rings. The zero-order valence-corrected chi connectivity index (χ0v) is 15.7. The number of nitrogens with zero attached hydrogens (tertiary/aromatic N) is 3. The summed E-state index contributed by atoms with van der Waals surface area (Å²) in [5.41, 5.74) is 10.6. The fourth-order valence-electron chi connectivity index (χ4n) is 2.98. The van der Waals surface area contributed by atoms with E-state index < -0.39 is 0 Å². The van der Waals surface area contributed by atoms with Gasteiger partial charge in [0.2, 0.25) is 0 Å². The van der Waals surface area contributed by atoms with Gasteiger partial charge in [0.15, 0.2) is 5.65 Å². The number of fused-ring (bicyclic) bond motifs is 1. The maximum Gasteiger partial charge on any atom is 0.252 e. The van der Waals surface area contributed by atoms with Gasteiger partial charge in [-0.3, -0.25) is 9.48 Å². The number of hydrogen-bond acceptors (Lipinski definition) is 4. The minimum Gasteiger partial charge on any atom is -0.350 e. The van der Waals surface area contributed by atoms with Crippen molar-refractivity contribution < 1.29 is 4.79 Å². The predicted molar refractivity (Wildman–Crippen MR) is 103 cm³/mol. The van der Waals surface area contributed by atoms with Crippen molar-refractivity contribution in [3.05, 3.63) is 58.9 Å². The van der Waals surface area contributed by atoms with Crippen LogP contribution in [0.15, 0.2) is 36.5 Å². The second-order valence-electron chi connectivity index (χ2n) is 6.94. The molecule has 0 radical (unpaired) electrons. The molecule has 1 amide bonds. The number of aromatic nitrogens is 3. The first kappa shape index (κ1) is 18.1. The number of hydrogen-bond donors (Lipinski definition) is 2. The predicted octanol–water partition coefficient (Wildman–Crippen LogP) is 2.83. The smallest absolute Gasteiger partial charge is 0.252 e. The van der Waals surface area contributed by atoms with Gasteiger partial charge in [-0.05, 0) is 30.0 Å². The molecule has 0 bridgehead atoms. The van der Waals surface area contributed by atoms with E-state index in [9.17, 15) is 4.79 Å². The number of rotatable bonds is 5. The number of aryl methyl sites for hydroxylation is 2. The third kappa shape index (κ3) is 3.60. The summed E-state index contributed by atoms with van der Waals surface area (Å²) in [6.07, 6.45) is 1.57. The Bertz CT molecular complexity index is 927. The molecule has 0 saturated heterocycles. The molecule has 1 aromatic carbocycles. The molecule has 3 rings (SSSR count). The van der Waals surface area contributed by atoms with Gasteiger partial charge in [-0.2, -0.15) is 5.10 Å². The number of benzene rings is 1. The van der Waals surface area contributed by atoms with E-state index in [4.69, 9.17) is 5.73 Å². The Morgan fingerprint density at radius 1 is 1.23 bits per heavy atom. The lowest BCUT2D eigenvalue weighted by Crippen LogP contribution is -2.32. The zero-order valence-electron chi connectivity index (χ0n) is 15.7. The summed E-state index contributed by atoms with van der Waals surface area (Å²) in [5.74, 6) is 0.301. The van der Waals surface area contributed by atoms with E-state index in [2.05, 4.69) is 41.4 Å². The van der Waals surface area contributed by atoms with Crippen LogP contribution in [0, 0.1) is 6.92 Å². The van der Waals surface area contributed by atoms with Crippen LogP contribution in [0.4, 0.5) is 0 Å². The number of carbonyl (C=O) groups is 1. The van der Waals surface area contributed by atoms with Crippen molar-refractivity contribution in [2.24, 2.45) is 12.8 Å². The molecule has 26 heavy (non-hydrogen) atoms. The van der Waals surface area contributed by atoms with E-state index in [0.29, 0.717) is 18.0 Å². The zero-order chi connectivity index (χ0) is 18.8.